The molecule has 18 heavy (non-hydrogen) atoms. The lowest BCUT2D eigenvalue weighted by atomic mass is 9.86. The third-order valence-corrected chi connectivity index (χ3v) is 5.12. The summed E-state index contributed by atoms with van der Waals surface area (Å²) in [5.74, 6) is -0.0213. The predicted molar refractivity (Wildman–Crippen MR) is 75.0 cm³/mol. The molecule has 1 amide bonds. The van der Waals surface area contributed by atoms with Crippen molar-refractivity contribution in [3.05, 3.63) is 20.8 Å². The lowest BCUT2D eigenvalue weighted by molar-refractivity contribution is -0.138. The topological polar surface area (TPSA) is 44.1 Å². The first kappa shape index (κ1) is 13.6. The molecule has 5 heteroatoms. The molecule has 1 aliphatic carbocycles. The third kappa shape index (κ3) is 2.60. The molecule has 1 saturated carbocycles. The second kappa shape index (κ2) is 5.41. The summed E-state index contributed by atoms with van der Waals surface area (Å²) in [5.41, 5.74) is -0.761. The molecule has 0 saturated heterocycles. The quantitative estimate of drug-likeness (QED) is 0.852. The maximum atomic E-state index is 12.4. The fourth-order valence-electron chi connectivity index (χ4n) is 2.46. The molecule has 1 aromatic heterocycles. The molecule has 0 bridgehead atoms. The van der Waals surface area contributed by atoms with Gasteiger partial charge in [-0.05, 0) is 34.8 Å². The Morgan fingerprint density at radius 1 is 1.61 bits per heavy atom. The van der Waals surface area contributed by atoms with E-state index < -0.39 is 5.41 Å². The highest BCUT2D eigenvalue weighted by Gasteiger charge is 2.43. The van der Waals surface area contributed by atoms with Gasteiger partial charge in [0, 0.05) is 21.8 Å². The molecule has 2 rings (SSSR count). The van der Waals surface area contributed by atoms with Gasteiger partial charge in [-0.1, -0.05) is 12.8 Å². The van der Waals surface area contributed by atoms with Crippen LogP contribution in [0.25, 0.3) is 0 Å². The Balaban J connectivity index is 2.07. The normalized spacial score (nSPS) is 17.4. The largest absolute Gasteiger partial charge is 0.339 e. The van der Waals surface area contributed by atoms with Gasteiger partial charge in [0.05, 0.1) is 12.6 Å². The molecule has 0 aliphatic heterocycles. The van der Waals surface area contributed by atoms with Gasteiger partial charge in [0.15, 0.2) is 0 Å². The van der Waals surface area contributed by atoms with Crippen molar-refractivity contribution < 1.29 is 4.79 Å². The second-order valence-corrected chi connectivity index (χ2v) is 6.70. The molecule has 0 radical (unpaired) electrons. The standard InChI is InChI=1S/C13H15BrN2OS/c1-16(7-11-6-10(14)8-18-11)12(17)13(9-15)4-2-3-5-13/h6,8H,2-5,7H2,1H3. The zero-order valence-electron chi connectivity index (χ0n) is 10.3. The van der Waals surface area contributed by atoms with Crippen LogP contribution in [0.4, 0.5) is 0 Å². The minimum atomic E-state index is -0.761. The number of nitriles is 1. The first-order valence-corrected chi connectivity index (χ1v) is 7.64. The molecule has 1 aromatic rings. The molecule has 1 heterocycles. The molecular formula is C13H15BrN2OS. The van der Waals surface area contributed by atoms with Crippen molar-refractivity contribution in [1.82, 2.24) is 4.90 Å². The van der Waals surface area contributed by atoms with Crippen LogP contribution in [-0.2, 0) is 11.3 Å². The number of hydrogen-bond donors (Lipinski definition) is 0. The minimum absolute atomic E-state index is 0.0213. The van der Waals surface area contributed by atoms with E-state index in [1.807, 2.05) is 11.4 Å². The summed E-state index contributed by atoms with van der Waals surface area (Å²) in [7, 11) is 1.79. The molecule has 96 valence electrons. The highest BCUT2D eigenvalue weighted by molar-refractivity contribution is 9.10. The van der Waals surface area contributed by atoms with Gasteiger partial charge in [0.1, 0.15) is 5.41 Å². The fraction of sp³-hybridized carbons (Fsp3) is 0.538. The average molecular weight is 327 g/mol. The Labute approximate surface area is 120 Å². The number of halogens is 1. The fourth-order valence-corrected chi connectivity index (χ4v) is 3.96. The number of carbonyl (C=O) groups excluding carboxylic acids is 1. The molecular weight excluding hydrogens is 312 g/mol. The Hall–Kier alpha value is -0.860. The number of rotatable bonds is 3. The van der Waals surface area contributed by atoms with Gasteiger partial charge in [-0.2, -0.15) is 5.26 Å². The molecule has 1 fully saturated rings. The summed E-state index contributed by atoms with van der Waals surface area (Å²) in [4.78, 5) is 15.2. The maximum absolute atomic E-state index is 12.4. The molecule has 0 atom stereocenters. The van der Waals surface area contributed by atoms with Gasteiger partial charge in [-0.15, -0.1) is 11.3 Å². The molecule has 0 aromatic carbocycles. The van der Waals surface area contributed by atoms with E-state index in [-0.39, 0.29) is 5.91 Å². The van der Waals surface area contributed by atoms with Crippen LogP contribution in [0.1, 0.15) is 30.6 Å². The smallest absolute Gasteiger partial charge is 0.243 e. The molecule has 0 unspecified atom stereocenters. The van der Waals surface area contributed by atoms with Gasteiger partial charge >= 0.3 is 0 Å². The zero-order chi connectivity index (χ0) is 13.2. The molecule has 0 N–H and O–H groups in total. The van der Waals surface area contributed by atoms with E-state index in [2.05, 4.69) is 22.0 Å². The summed E-state index contributed by atoms with van der Waals surface area (Å²) in [6.07, 6.45) is 3.39. The van der Waals surface area contributed by atoms with Crippen molar-refractivity contribution in [2.24, 2.45) is 5.41 Å². The van der Waals surface area contributed by atoms with Crippen LogP contribution in [0, 0.1) is 16.7 Å². The molecule has 1 aliphatic rings. The lowest BCUT2D eigenvalue weighted by Gasteiger charge is -2.26. The third-order valence-electron chi connectivity index (χ3n) is 3.44. The van der Waals surface area contributed by atoms with E-state index in [0.717, 1.165) is 22.2 Å². The summed E-state index contributed by atoms with van der Waals surface area (Å²) < 4.78 is 1.04. The van der Waals surface area contributed by atoms with Crippen molar-refractivity contribution in [3.8, 4) is 6.07 Å². The Kier molecular flexibility index (Phi) is 4.08. The van der Waals surface area contributed by atoms with Crippen LogP contribution >= 0.6 is 27.3 Å². The van der Waals surface area contributed by atoms with Gasteiger partial charge in [-0.25, -0.2) is 0 Å². The van der Waals surface area contributed by atoms with E-state index in [1.54, 1.807) is 23.3 Å². The summed E-state index contributed by atoms with van der Waals surface area (Å²) >= 11 is 5.02. The van der Waals surface area contributed by atoms with Gasteiger partial charge in [0.2, 0.25) is 5.91 Å². The van der Waals surface area contributed by atoms with Crippen LogP contribution in [0.15, 0.2) is 15.9 Å². The van der Waals surface area contributed by atoms with E-state index in [1.165, 1.54) is 0 Å². The average Bonchev–Trinajstić information content (AvgIpc) is 2.98. The van der Waals surface area contributed by atoms with E-state index in [4.69, 9.17) is 0 Å². The number of nitrogens with zero attached hydrogens (tertiary/aromatic N) is 2. The Morgan fingerprint density at radius 3 is 2.78 bits per heavy atom. The van der Waals surface area contributed by atoms with Crippen molar-refractivity contribution in [1.29, 1.82) is 5.26 Å². The molecule has 3 nitrogen and oxygen atoms in total. The van der Waals surface area contributed by atoms with E-state index in [9.17, 15) is 10.1 Å². The van der Waals surface area contributed by atoms with Crippen molar-refractivity contribution in [3.63, 3.8) is 0 Å². The number of hydrogen-bond acceptors (Lipinski definition) is 3. The van der Waals surface area contributed by atoms with Crippen LogP contribution in [0.3, 0.4) is 0 Å². The van der Waals surface area contributed by atoms with Crippen molar-refractivity contribution >= 4 is 33.2 Å². The molecule has 0 spiro atoms. The maximum Gasteiger partial charge on any atom is 0.243 e. The van der Waals surface area contributed by atoms with E-state index >= 15 is 0 Å². The number of thiophene rings is 1. The zero-order valence-corrected chi connectivity index (χ0v) is 12.7. The Bertz CT molecular complexity index is 485. The van der Waals surface area contributed by atoms with Crippen LogP contribution in [0.2, 0.25) is 0 Å². The van der Waals surface area contributed by atoms with Crippen LogP contribution < -0.4 is 0 Å². The predicted octanol–water partition coefficient (Wildman–Crippen LogP) is 3.55. The van der Waals surface area contributed by atoms with Crippen molar-refractivity contribution in [2.45, 2.75) is 32.2 Å². The summed E-state index contributed by atoms with van der Waals surface area (Å²) in [6.45, 7) is 0.582. The van der Waals surface area contributed by atoms with Crippen molar-refractivity contribution in [2.75, 3.05) is 7.05 Å². The lowest BCUT2D eigenvalue weighted by Crippen LogP contribution is -2.39. The second-order valence-electron chi connectivity index (χ2n) is 4.79. The van der Waals surface area contributed by atoms with Gasteiger partial charge in [0.25, 0.3) is 0 Å². The van der Waals surface area contributed by atoms with Gasteiger partial charge < -0.3 is 4.90 Å². The number of amides is 1. The Morgan fingerprint density at radius 2 is 2.28 bits per heavy atom. The monoisotopic (exact) mass is 326 g/mol. The van der Waals surface area contributed by atoms with Gasteiger partial charge in [-0.3, -0.25) is 4.79 Å². The van der Waals surface area contributed by atoms with Crippen LogP contribution in [-0.4, -0.2) is 17.9 Å². The first-order chi connectivity index (χ1) is 8.57. The first-order valence-electron chi connectivity index (χ1n) is 5.97. The van der Waals surface area contributed by atoms with E-state index in [0.29, 0.717) is 19.4 Å². The SMILES string of the molecule is CN(Cc1cc(Br)cs1)C(=O)C1(C#N)CCCC1. The minimum Gasteiger partial charge on any atom is -0.339 e. The summed E-state index contributed by atoms with van der Waals surface area (Å²) in [6, 6.07) is 4.27. The highest BCUT2D eigenvalue weighted by Crippen LogP contribution is 2.39. The highest BCUT2D eigenvalue weighted by atomic mass is 79.9. The number of carbonyl (C=O) groups is 1. The summed E-state index contributed by atoms with van der Waals surface area (Å²) in [5, 5.41) is 11.3. The van der Waals surface area contributed by atoms with Crippen LogP contribution in [0.5, 0.6) is 0 Å².